The van der Waals surface area contributed by atoms with Gasteiger partial charge in [0, 0.05) is 5.41 Å². The lowest BCUT2D eigenvalue weighted by Gasteiger charge is -2.15. The van der Waals surface area contributed by atoms with Gasteiger partial charge in [-0.1, -0.05) is 50.0 Å². The SMILES string of the molecule is C[Si](C)(C)NS(=O)(=O)/C=C/c1ccccc1. The van der Waals surface area contributed by atoms with Crippen LogP contribution in [-0.4, -0.2) is 16.7 Å². The molecule has 0 radical (unpaired) electrons. The van der Waals surface area contributed by atoms with Crippen molar-refractivity contribution in [1.29, 1.82) is 0 Å². The van der Waals surface area contributed by atoms with Crippen LogP contribution in [0.25, 0.3) is 6.08 Å². The molecule has 1 aromatic rings. The predicted octanol–water partition coefficient (Wildman–Crippen LogP) is 2.41. The van der Waals surface area contributed by atoms with Gasteiger partial charge in [0.2, 0.25) is 10.0 Å². The van der Waals surface area contributed by atoms with Crippen molar-refractivity contribution in [2.75, 3.05) is 0 Å². The monoisotopic (exact) mass is 255 g/mol. The maximum absolute atomic E-state index is 11.7. The Labute approximate surface area is 98.3 Å². The smallest absolute Gasteiger partial charge is 0.227 e. The zero-order chi connectivity index (χ0) is 12.2. The van der Waals surface area contributed by atoms with E-state index in [2.05, 4.69) is 4.39 Å². The normalized spacial score (nSPS) is 13.2. The molecule has 3 nitrogen and oxygen atoms in total. The van der Waals surface area contributed by atoms with E-state index in [4.69, 9.17) is 0 Å². The maximum atomic E-state index is 11.7. The second-order valence-corrected chi connectivity index (χ2v) is 11.3. The molecule has 88 valence electrons. The Morgan fingerprint density at radius 3 is 2.19 bits per heavy atom. The largest absolute Gasteiger partial charge is 0.234 e. The molecule has 0 heterocycles. The van der Waals surface area contributed by atoms with Gasteiger partial charge in [-0.3, -0.25) is 0 Å². The molecule has 0 saturated carbocycles. The molecule has 0 aromatic heterocycles. The fourth-order valence-electron chi connectivity index (χ4n) is 1.19. The Hall–Kier alpha value is -0.913. The molecule has 0 bridgehead atoms. The van der Waals surface area contributed by atoms with Gasteiger partial charge in [0.05, 0.1) is 0 Å². The number of rotatable bonds is 4. The summed E-state index contributed by atoms with van der Waals surface area (Å²) in [5, 5.41) is 1.22. The summed E-state index contributed by atoms with van der Waals surface area (Å²) in [5.74, 6) is 0. The van der Waals surface area contributed by atoms with Crippen molar-refractivity contribution in [1.82, 2.24) is 4.39 Å². The van der Waals surface area contributed by atoms with Crippen molar-refractivity contribution in [2.45, 2.75) is 19.6 Å². The van der Waals surface area contributed by atoms with Crippen molar-refractivity contribution >= 4 is 24.3 Å². The molecular weight excluding hydrogens is 238 g/mol. The molecular formula is C11H17NO2SSi. The minimum atomic E-state index is -3.31. The van der Waals surface area contributed by atoms with E-state index >= 15 is 0 Å². The fraction of sp³-hybridized carbons (Fsp3) is 0.273. The first kappa shape index (κ1) is 13.2. The van der Waals surface area contributed by atoms with Gasteiger partial charge >= 0.3 is 0 Å². The summed E-state index contributed by atoms with van der Waals surface area (Å²) >= 11 is 0. The quantitative estimate of drug-likeness (QED) is 0.840. The first-order chi connectivity index (χ1) is 7.29. The Morgan fingerprint density at radius 2 is 1.69 bits per heavy atom. The summed E-state index contributed by atoms with van der Waals surface area (Å²) in [6, 6.07) is 9.36. The number of nitrogens with one attached hydrogen (secondary N) is 1. The van der Waals surface area contributed by atoms with Gasteiger partial charge in [-0.05, 0) is 11.6 Å². The Bertz CT molecular complexity index is 461. The molecule has 1 N–H and O–H groups in total. The zero-order valence-electron chi connectivity index (χ0n) is 9.77. The first-order valence-electron chi connectivity index (χ1n) is 5.06. The Balaban J connectivity index is 2.78. The van der Waals surface area contributed by atoms with E-state index in [1.165, 1.54) is 5.41 Å². The summed E-state index contributed by atoms with van der Waals surface area (Å²) < 4.78 is 26.0. The molecule has 0 atom stereocenters. The molecule has 0 unspecified atom stereocenters. The number of hydrogen-bond donors (Lipinski definition) is 1. The van der Waals surface area contributed by atoms with Crippen molar-refractivity contribution in [3.05, 3.63) is 41.3 Å². The highest BCUT2D eigenvalue weighted by atomic mass is 32.2. The highest BCUT2D eigenvalue weighted by molar-refractivity contribution is 7.93. The van der Waals surface area contributed by atoms with E-state index in [0.717, 1.165) is 5.56 Å². The van der Waals surface area contributed by atoms with Crippen LogP contribution in [-0.2, 0) is 10.0 Å². The molecule has 1 aromatic carbocycles. The summed E-state index contributed by atoms with van der Waals surface area (Å²) in [7, 11) is -5.13. The van der Waals surface area contributed by atoms with Crippen molar-refractivity contribution < 1.29 is 8.42 Å². The van der Waals surface area contributed by atoms with Gasteiger partial charge < -0.3 is 0 Å². The third kappa shape index (κ3) is 5.25. The average molecular weight is 255 g/mol. The van der Waals surface area contributed by atoms with Crippen LogP contribution in [0.1, 0.15) is 5.56 Å². The standard InChI is InChI=1S/C11H17NO2SSi/c1-16(2,3)12-15(13,14)10-9-11-7-5-4-6-8-11/h4-10,12H,1-3H3/b10-9+. The van der Waals surface area contributed by atoms with Crippen LogP contribution in [0.4, 0.5) is 0 Å². The second kappa shape index (κ2) is 4.95. The van der Waals surface area contributed by atoms with Gasteiger partial charge in [-0.2, -0.15) is 0 Å². The Morgan fingerprint density at radius 1 is 1.12 bits per heavy atom. The van der Waals surface area contributed by atoms with Crippen molar-refractivity contribution in [3.63, 3.8) is 0 Å². The van der Waals surface area contributed by atoms with Gasteiger partial charge in [0.25, 0.3) is 0 Å². The van der Waals surface area contributed by atoms with Gasteiger partial charge in [0.1, 0.15) is 8.24 Å². The third-order valence-electron chi connectivity index (χ3n) is 1.69. The van der Waals surface area contributed by atoms with E-state index < -0.39 is 18.3 Å². The predicted molar refractivity (Wildman–Crippen MR) is 70.9 cm³/mol. The number of benzene rings is 1. The number of hydrogen-bond acceptors (Lipinski definition) is 2. The molecule has 0 aliphatic rings. The maximum Gasteiger partial charge on any atom is 0.227 e. The summed E-state index contributed by atoms with van der Waals surface area (Å²) in [5.41, 5.74) is 0.878. The van der Waals surface area contributed by atoms with Crippen LogP contribution in [0, 0.1) is 0 Å². The summed E-state index contributed by atoms with van der Waals surface area (Å²) in [6.45, 7) is 5.84. The van der Waals surface area contributed by atoms with Crippen LogP contribution in [0.3, 0.4) is 0 Å². The van der Waals surface area contributed by atoms with Crippen molar-refractivity contribution in [3.8, 4) is 0 Å². The number of sulfonamides is 1. The van der Waals surface area contributed by atoms with E-state index in [-0.39, 0.29) is 0 Å². The second-order valence-electron chi connectivity index (χ2n) is 4.61. The zero-order valence-corrected chi connectivity index (χ0v) is 11.6. The summed E-state index contributed by atoms with van der Waals surface area (Å²) in [6.07, 6.45) is 1.60. The summed E-state index contributed by atoms with van der Waals surface area (Å²) in [4.78, 5) is 0. The molecule has 0 saturated heterocycles. The van der Waals surface area contributed by atoms with Gasteiger partial charge in [-0.15, -0.1) is 0 Å². The molecule has 0 spiro atoms. The van der Waals surface area contributed by atoms with E-state index in [9.17, 15) is 8.42 Å². The van der Waals surface area contributed by atoms with Gasteiger partial charge in [0.15, 0.2) is 0 Å². The van der Waals surface area contributed by atoms with Gasteiger partial charge in [-0.25, -0.2) is 12.8 Å². The van der Waals surface area contributed by atoms with Crippen LogP contribution < -0.4 is 4.39 Å². The van der Waals surface area contributed by atoms with Crippen LogP contribution in [0.2, 0.25) is 19.6 Å². The molecule has 0 amide bonds. The molecule has 16 heavy (non-hydrogen) atoms. The van der Waals surface area contributed by atoms with Crippen LogP contribution in [0.5, 0.6) is 0 Å². The highest BCUT2D eigenvalue weighted by Gasteiger charge is 2.19. The minimum Gasteiger partial charge on any atom is -0.234 e. The van der Waals surface area contributed by atoms with Crippen LogP contribution in [0.15, 0.2) is 35.7 Å². The molecule has 5 heteroatoms. The highest BCUT2D eigenvalue weighted by Crippen LogP contribution is 2.05. The first-order valence-corrected chi connectivity index (χ1v) is 10.1. The van der Waals surface area contributed by atoms with E-state index in [1.807, 2.05) is 50.0 Å². The topological polar surface area (TPSA) is 46.2 Å². The average Bonchev–Trinajstić information content (AvgIpc) is 2.13. The molecule has 0 aliphatic carbocycles. The van der Waals surface area contributed by atoms with E-state index in [1.54, 1.807) is 6.08 Å². The third-order valence-corrected chi connectivity index (χ3v) is 5.77. The fourth-order valence-corrected chi connectivity index (χ4v) is 5.22. The Kier molecular flexibility index (Phi) is 4.07. The molecule has 0 fully saturated rings. The lowest BCUT2D eigenvalue weighted by Crippen LogP contribution is -2.44. The molecule has 0 aliphatic heterocycles. The van der Waals surface area contributed by atoms with Crippen LogP contribution >= 0.6 is 0 Å². The lowest BCUT2D eigenvalue weighted by molar-refractivity contribution is 0.601. The van der Waals surface area contributed by atoms with Crippen molar-refractivity contribution in [2.24, 2.45) is 0 Å². The minimum absolute atomic E-state index is 0.878. The lowest BCUT2D eigenvalue weighted by atomic mass is 10.2. The van der Waals surface area contributed by atoms with E-state index in [0.29, 0.717) is 0 Å². The molecule has 1 rings (SSSR count).